The van der Waals surface area contributed by atoms with Gasteiger partial charge in [-0.3, -0.25) is 4.79 Å². The summed E-state index contributed by atoms with van der Waals surface area (Å²) in [7, 11) is 1.55. The highest BCUT2D eigenvalue weighted by Crippen LogP contribution is 2.21. The van der Waals surface area contributed by atoms with Crippen molar-refractivity contribution in [1.82, 2.24) is 5.43 Å². The highest BCUT2D eigenvalue weighted by molar-refractivity contribution is 6.36. The van der Waals surface area contributed by atoms with E-state index in [0.29, 0.717) is 27.6 Å². The minimum atomic E-state index is -0.502. The number of ether oxygens (including phenoxy) is 2. The predicted octanol–water partition coefficient (Wildman–Crippen LogP) is 4.99. The van der Waals surface area contributed by atoms with Crippen LogP contribution in [-0.2, 0) is 0 Å². The Hall–Kier alpha value is -3.35. The van der Waals surface area contributed by atoms with Gasteiger partial charge in [0, 0.05) is 5.02 Å². The Morgan fingerprint density at radius 2 is 1.73 bits per heavy atom. The molecule has 0 heterocycles. The van der Waals surface area contributed by atoms with E-state index in [4.69, 9.17) is 32.7 Å². The smallest absolute Gasteiger partial charge is 0.343 e. The fraction of sp³-hybridized carbons (Fsp3) is 0.0455. The molecule has 0 saturated heterocycles. The number of nitrogens with one attached hydrogen (secondary N) is 1. The molecule has 0 radical (unpaired) electrons. The first-order valence-electron chi connectivity index (χ1n) is 8.71. The molecule has 0 spiro atoms. The maximum absolute atomic E-state index is 12.3. The number of halogens is 2. The molecule has 0 bridgehead atoms. The van der Waals surface area contributed by atoms with Crippen LogP contribution in [0.15, 0.2) is 71.8 Å². The summed E-state index contributed by atoms with van der Waals surface area (Å²) < 4.78 is 10.4. The van der Waals surface area contributed by atoms with Crippen LogP contribution in [0.25, 0.3) is 0 Å². The third kappa shape index (κ3) is 5.59. The van der Waals surface area contributed by atoms with Crippen molar-refractivity contribution in [3.63, 3.8) is 0 Å². The van der Waals surface area contributed by atoms with Gasteiger partial charge in [-0.15, -0.1) is 0 Å². The Morgan fingerprint density at radius 3 is 2.43 bits per heavy atom. The maximum atomic E-state index is 12.3. The summed E-state index contributed by atoms with van der Waals surface area (Å²) in [6, 6.07) is 17.8. The molecule has 0 aliphatic rings. The number of methoxy groups -OCH3 is 1. The van der Waals surface area contributed by atoms with Gasteiger partial charge in [0.05, 0.1) is 29.5 Å². The van der Waals surface area contributed by atoms with E-state index < -0.39 is 11.9 Å². The number of nitrogens with zero attached hydrogens (tertiary/aromatic N) is 1. The molecule has 0 fully saturated rings. The first kappa shape index (κ1) is 21.4. The first-order valence-corrected chi connectivity index (χ1v) is 9.46. The molecule has 0 saturated carbocycles. The Morgan fingerprint density at radius 1 is 0.967 bits per heavy atom. The first-order chi connectivity index (χ1) is 14.5. The van der Waals surface area contributed by atoms with Gasteiger partial charge in [-0.2, -0.15) is 5.10 Å². The molecule has 30 heavy (non-hydrogen) atoms. The lowest BCUT2D eigenvalue weighted by atomic mass is 10.2. The van der Waals surface area contributed by atoms with Crippen molar-refractivity contribution >= 4 is 41.3 Å². The van der Waals surface area contributed by atoms with E-state index in [-0.39, 0.29) is 10.6 Å². The molecular weight excluding hydrogens is 427 g/mol. The second-order valence-corrected chi connectivity index (χ2v) is 6.86. The Labute approximate surface area is 183 Å². The average molecular weight is 443 g/mol. The standard InChI is InChI=1S/C22H16Cl2N2O4/c1-29-17-8-5-15(6-9-17)22(28)30-18-4-2-3-14(11-18)13-25-26-21(27)19-10-7-16(23)12-20(19)24/h2-13H,1H3,(H,26,27). The minimum absolute atomic E-state index is 0.225. The number of rotatable bonds is 6. The molecule has 3 aromatic rings. The molecule has 1 amide bonds. The number of amides is 1. The van der Waals surface area contributed by atoms with Crippen molar-refractivity contribution in [2.24, 2.45) is 5.10 Å². The molecular formula is C22H16Cl2N2O4. The van der Waals surface area contributed by atoms with Gasteiger partial charge >= 0.3 is 5.97 Å². The summed E-state index contributed by atoms with van der Waals surface area (Å²) in [6.45, 7) is 0. The van der Waals surface area contributed by atoms with Crippen molar-refractivity contribution in [2.45, 2.75) is 0 Å². The molecule has 1 N–H and O–H groups in total. The molecule has 3 rings (SSSR count). The average Bonchev–Trinajstić information content (AvgIpc) is 2.74. The summed E-state index contributed by atoms with van der Waals surface area (Å²) in [5, 5.41) is 4.56. The Bertz CT molecular complexity index is 1100. The lowest BCUT2D eigenvalue weighted by Crippen LogP contribution is -2.18. The van der Waals surface area contributed by atoms with Gasteiger partial charge in [0.15, 0.2) is 0 Å². The minimum Gasteiger partial charge on any atom is -0.497 e. The van der Waals surface area contributed by atoms with Gasteiger partial charge in [-0.1, -0.05) is 35.3 Å². The number of benzene rings is 3. The zero-order valence-electron chi connectivity index (χ0n) is 15.8. The van der Waals surface area contributed by atoms with Gasteiger partial charge < -0.3 is 9.47 Å². The lowest BCUT2D eigenvalue weighted by molar-refractivity contribution is 0.0734. The Kier molecular flexibility index (Phi) is 7.06. The highest BCUT2D eigenvalue weighted by Gasteiger charge is 2.10. The monoisotopic (exact) mass is 442 g/mol. The van der Waals surface area contributed by atoms with E-state index in [0.717, 1.165) is 0 Å². The van der Waals surface area contributed by atoms with E-state index in [1.165, 1.54) is 18.3 Å². The molecule has 0 unspecified atom stereocenters. The van der Waals surface area contributed by atoms with Crippen LogP contribution in [-0.4, -0.2) is 25.2 Å². The van der Waals surface area contributed by atoms with Crippen LogP contribution in [0.4, 0.5) is 0 Å². The number of carbonyl (C=O) groups is 2. The molecule has 0 atom stereocenters. The fourth-order valence-electron chi connectivity index (χ4n) is 2.45. The van der Waals surface area contributed by atoms with Crippen molar-refractivity contribution in [1.29, 1.82) is 0 Å². The van der Waals surface area contributed by atoms with E-state index in [9.17, 15) is 9.59 Å². The number of hydrogen-bond acceptors (Lipinski definition) is 5. The molecule has 8 heteroatoms. The molecule has 0 aliphatic heterocycles. The second-order valence-electron chi connectivity index (χ2n) is 6.01. The summed E-state index contributed by atoms with van der Waals surface area (Å²) in [5.74, 6) is 0.00552. The van der Waals surface area contributed by atoms with Crippen LogP contribution in [0, 0.1) is 0 Å². The summed E-state index contributed by atoms with van der Waals surface area (Å²) in [6.07, 6.45) is 1.42. The lowest BCUT2D eigenvalue weighted by Gasteiger charge is -2.06. The van der Waals surface area contributed by atoms with E-state index in [1.54, 1.807) is 61.7 Å². The van der Waals surface area contributed by atoms with Crippen molar-refractivity contribution in [3.05, 3.63) is 93.5 Å². The Balaban J connectivity index is 1.63. The highest BCUT2D eigenvalue weighted by atomic mass is 35.5. The summed E-state index contributed by atoms with van der Waals surface area (Å²) >= 11 is 11.8. The van der Waals surface area contributed by atoms with Crippen molar-refractivity contribution in [3.8, 4) is 11.5 Å². The van der Waals surface area contributed by atoms with Crippen LogP contribution < -0.4 is 14.9 Å². The van der Waals surface area contributed by atoms with Crippen LogP contribution in [0.5, 0.6) is 11.5 Å². The third-order valence-electron chi connectivity index (χ3n) is 3.95. The van der Waals surface area contributed by atoms with Gasteiger partial charge in [0.1, 0.15) is 11.5 Å². The van der Waals surface area contributed by atoms with Gasteiger partial charge in [-0.25, -0.2) is 10.2 Å². The van der Waals surface area contributed by atoms with E-state index >= 15 is 0 Å². The predicted molar refractivity (Wildman–Crippen MR) is 116 cm³/mol. The van der Waals surface area contributed by atoms with Gasteiger partial charge in [0.2, 0.25) is 0 Å². The number of hydrogen-bond donors (Lipinski definition) is 1. The fourth-order valence-corrected chi connectivity index (χ4v) is 2.95. The van der Waals surface area contributed by atoms with Crippen LogP contribution in [0.3, 0.4) is 0 Å². The quantitative estimate of drug-likeness (QED) is 0.252. The number of hydrazone groups is 1. The van der Waals surface area contributed by atoms with Crippen LogP contribution >= 0.6 is 23.2 Å². The summed E-state index contributed by atoms with van der Waals surface area (Å²) in [5.41, 5.74) is 3.65. The van der Waals surface area contributed by atoms with Crippen molar-refractivity contribution in [2.75, 3.05) is 7.11 Å². The van der Waals surface area contributed by atoms with Crippen LogP contribution in [0.2, 0.25) is 10.0 Å². The zero-order chi connectivity index (χ0) is 21.5. The van der Waals surface area contributed by atoms with E-state index in [1.807, 2.05) is 0 Å². The molecule has 3 aromatic carbocycles. The normalized spacial score (nSPS) is 10.6. The SMILES string of the molecule is COc1ccc(C(=O)Oc2cccc(C=NNC(=O)c3ccc(Cl)cc3Cl)c2)cc1. The summed E-state index contributed by atoms with van der Waals surface area (Å²) in [4.78, 5) is 24.4. The molecule has 0 aromatic heterocycles. The largest absolute Gasteiger partial charge is 0.497 e. The number of esters is 1. The number of carbonyl (C=O) groups excluding carboxylic acids is 2. The molecule has 152 valence electrons. The zero-order valence-corrected chi connectivity index (χ0v) is 17.3. The van der Waals surface area contributed by atoms with E-state index in [2.05, 4.69) is 10.5 Å². The van der Waals surface area contributed by atoms with Crippen molar-refractivity contribution < 1.29 is 19.1 Å². The molecule has 6 nitrogen and oxygen atoms in total. The molecule has 0 aliphatic carbocycles. The second kappa shape index (κ2) is 9.91. The third-order valence-corrected chi connectivity index (χ3v) is 4.50. The van der Waals surface area contributed by atoms with Crippen LogP contribution in [0.1, 0.15) is 26.3 Å². The van der Waals surface area contributed by atoms with Gasteiger partial charge in [-0.05, 0) is 60.2 Å². The maximum Gasteiger partial charge on any atom is 0.343 e. The topological polar surface area (TPSA) is 77.0 Å². The van der Waals surface area contributed by atoms with Gasteiger partial charge in [0.25, 0.3) is 5.91 Å².